The van der Waals surface area contributed by atoms with Gasteiger partial charge in [0, 0.05) is 24.5 Å². The Hall–Kier alpha value is -1.95. The first kappa shape index (κ1) is 20.1. The Labute approximate surface area is 147 Å². The van der Waals surface area contributed by atoms with Gasteiger partial charge in [-0.2, -0.15) is 0 Å². The van der Waals surface area contributed by atoms with Crippen LogP contribution in [0.15, 0.2) is 18.2 Å². The Balaban J connectivity index is 2.50. The second-order valence-corrected chi connectivity index (χ2v) is 6.03. The number of benzene rings is 1. The zero-order valence-corrected chi connectivity index (χ0v) is 15.1. The van der Waals surface area contributed by atoms with Gasteiger partial charge in [0.15, 0.2) is 0 Å². The van der Waals surface area contributed by atoms with Crippen molar-refractivity contribution in [2.45, 2.75) is 33.1 Å². The van der Waals surface area contributed by atoms with Crippen LogP contribution in [0.5, 0.6) is 5.75 Å². The van der Waals surface area contributed by atoms with Gasteiger partial charge in [0.25, 0.3) is 0 Å². The molecule has 7 heteroatoms. The van der Waals surface area contributed by atoms with E-state index in [4.69, 9.17) is 16.3 Å². The van der Waals surface area contributed by atoms with Crippen molar-refractivity contribution in [2.75, 3.05) is 25.5 Å². The van der Waals surface area contributed by atoms with E-state index in [0.29, 0.717) is 35.8 Å². The maximum atomic E-state index is 12.0. The molecule has 0 aliphatic rings. The summed E-state index contributed by atoms with van der Waals surface area (Å²) in [7, 11) is 1.56. The van der Waals surface area contributed by atoms with Crippen LogP contribution in [0.2, 0.25) is 5.02 Å². The van der Waals surface area contributed by atoms with E-state index in [-0.39, 0.29) is 18.9 Å². The minimum atomic E-state index is -0.904. The van der Waals surface area contributed by atoms with Gasteiger partial charge in [0.2, 0.25) is 5.91 Å². The zero-order valence-electron chi connectivity index (χ0n) is 14.3. The number of nitrogens with one attached hydrogen (secondary N) is 2. The number of hydrogen-bond acceptors (Lipinski definition) is 4. The van der Waals surface area contributed by atoms with Crippen LogP contribution in [0.1, 0.15) is 33.1 Å². The summed E-state index contributed by atoms with van der Waals surface area (Å²) in [4.78, 5) is 23.4. The van der Waals surface area contributed by atoms with Crippen LogP contribution in [0.4, 0.5) is 5.69 Å². The van der Waals surface area contributed by atoms with E-state index < -0.39 is 11.4 Å². The third-order valence-electron chi connectivity index (χ3n) is 4.26. The van der Waals surface area contributed by atoms with Crippen molar-refractivity contribution >= 4 is 29.2 Å². The molecule has 0 atom stereocenters. The summed E-state index contributed by atoms with van der Waals surface area (Å²) >= 11 is 5.95. The molecule has 3 N–H and O–H groups in total. The number of carboxylic acids is 1. The number of carbonyl (C=O) groups excluding carboxylic acids is 1. The molecule has 0 saturated carbocycles. The highest BCUT2D eigenvalue weighted by Crippen LogP contribution is 2.28. The maximum Gasteiger partial charge on any atom is 0.311 e. The number of hydrogen-bond donors (Lipinski definition) is 3. The quantitative estimate of drug-likeness (QED) is 0.599. The highest BCUT2D eigenvalue weighted by atomic mass is 35.5. The number of methoxy groups -OCH3 is 1. The van der Waals surface area contributed by atoms with E-state index in [1.165, 1.54) is 0 Å². The first-order valence-corrected chi connectivity index (χ1v) is 8.33. The van der Waals surface area contributed by atoms with Crippen molar-refractivity contribution in [1.29, 1.82) is 0 Å². The molecule has 6 nitrogen and oxygen atoms in total. The smallest absolute Gasteiger partial charge is 0.311 e. The second-order valence-electron chi connectivity index (χ2n) is 5.59. The highest BCUT2D eigenvalue weighted by molar-refractivity contribution is 6.30. The lowest BCUT2D eigenvalue weighted by Gasteiger charge is -2.26. The second kappa shape index (κ2) is 9.37. The van der Waals surface area contributed by atoms with E-state index in [0.717, 1.165) is 0 Å². The molecule has 0 unspecified atom stereocenters. The molecular weight excluding hydrogens is 332 g/mol. The average molecular weight is 357 g/mol. The Morgan fingerprint density at radius 3 is 2.50 bits per heavy atom. The molecule has 0 aromatic heterocycles. The molecule has 1 aromatic rings. The fourth-order valence-electron chi connectivity index (χ4n) is 2.36. The van der Waals surface area contributed by atoms with Crippen LogP contribution in [0.25, 0.3) is 0 Å². The number of carboxylic acid groups (broad SMARTS) is 1. The summed E-state index contributed by atoms with van der Waals surface area (Å²) < 4.78 is 5.22. The van der Waals surface area contributed by atoms with Gasteiger partial charge in [0.1, 0.15) is 5.75 Å². The van der Waals surface area contributed by atoms with E-state index in [2.05, 4.69) is 10.6 Å². The molecule has 0 aliphatic carbocycles. The number of anilines is 1. The van der Waals surface area contributed by atoms with Crippen molar-refractivity contribution < 1.29 is 19.4 Å². The van der Waals surface area contributed by atoms with Gasteiger partial charge in [-0.25, -0.2) is 0 Å². The van der Waals surface area contributed by atoms with Gasteiger partial charge in [-0.3, -0.25) is 9.59 Å². The van der Waals surface area contributed by atoms with Crippen LogP contribution in [-0.4, -0.2) is 37.2 Å². The van der Waals surface area contributed by atoms with Crippen molar-refractivity contribution in [2.24, 2.45) is 5.41 Å². The summed E-state index contributed by atoms with van der Waals surface area (Å²) in [6.45, 7) is 4.16. The fraction of sp³-hybridized carbons (Fsp3) is 0.529. The molecular formula is C17H25ClN2O4. The molecule has 0 bridgehead atoms. The molecule has 0 saturated heterocycles. The number of rotatable bonds is 10. The molecule has 0 spiro atoms. The zero-order chi connectivity index (χ0) is 18.2. The van der Waals surface area contributed by atoms with Gasteiger partial charge in [-0.1, -0.05) is 25.4 Å². The Morgan fingerprint density at radius 2 is 1.96 bits per heavy atom. The first-order chi connectivity index (χ1) is 11.4. The molecule has 134 valence electrons. The lowest BCUT2D eigenvalue weighted by Crippen LogP contribution is -2.42. The van der Waals surface area contributed by atoms with E-state index >= 15 is 0 Å². The number of ether oxygens (including phenoxy) is 1. The minimum absolute atomic E-state index is 0.134. The molecule has 1 aromatic carbocycles. The van der Waals surface area contributed by atoms with E-state index in [9.17, 15) is 14.7 Å². The van der Waals surface area contributed by atoms with Gasteiger partial charge < -0.3 is 20.5 Å². The van der Waals surface area contributed by atoms with Crippen molar-refractivity contribution in [3.8, 4) is 5.75 Å². The molecule has 0 aliphatic heterocycles. The normalized spacial score (nSPS) is 11.0. The standard InChI is InChI=1S/C17H25ClN2O4/c1-4-17(5-2,16(22)23)11-20-15(21)8-9-19-13-10-12(18)6-7-14(13)24-3/h6-7,10,19H,4-5,8-9,11H2,1-3H3,(H,20,21)(H,22,23). The summed E-state index contributed by atoms with van der Waals surface area (Å²) in [5.74, 6) is -0.438. The number of aliphatic carboxylic acids is 1. The molecule has 1 rings (SSSR count). The molecule has 24 heavy (non-hydrogen) atoms. The number of halogens is 1. The monoisotopic (exact) mass is 356 g/mol. The summed E-state index contributed by atoms with van der Waals surface area (Å²) in [5, 5.41) is 15.7. The first-order valence-electron chi connectivity index (χ1n) is 7.96. The molecule has 0 radical (unpaired) electrons. The topological polar surface area (TPSA) is 87.7 Å². The number of carbonyl (C=O) groups is 2. The molecule has 0 fully saturated rings. The summed E-state index contributed by atoms with van der Waals surface area (Å²) in [5.41, 5.74) is -0.195. The van der Waals surface area contributed by atoms with E-state index in [1.807, 2.05) is 13.8 Å². The fourth-order valence-corrected chi connectivity index (χ4v) is 2.54. The average Bonchev–Trinajstić information content (AvgIpc) is 2.56. The minimum Gasteiger partial charge on any atom is -0.495 e. The van der Waals surface area contributed by atoms with Gasteiger partial charge >= 0.3 is 5.97 Å². The van der Waals surface area contributed by atoms with Crippen LogP contribution < -0.4 is 15.4 Å². The van der Waals surface area contributed by atoms with Crippen LogP contribution in [0, 0.1) is 5.41 Å². The predicted octanol–water partition coefficient (Wildman–Crippen LogP) is 3.16. The Bertz CT molecular complexity index is 574. The lowest BCUT2D eigenvalue weighted by molar-refractivity contribution is -0.149. The highest BCUT2D eigenvalue weighted by Gasteiger charge is 2.34. The van der Waals surface area contributed by atoms with Gasteiger partial charge in [0.05, 0.1) is 18.2 Å². The van der Waals surface area contributed by atoms with E-state index in [1.54, 1.807) is 25.3 Å². The third kappa shape index (κ3) is 5.30. The predicted molar refractivity (Wildman–Crippen MR) is 94.8 cm³/mol. The van der Waals surface area contributed by atoms with Crippen molar-refractivity contribution in [3.63, 3.8) is 0 Å². The summed E-state index contributed by atoms with van der Waals surface area (Å²) in [6, 6.07) is 5.19. The van der Waals surface area contributed by atoms with Crippen LogP contribution in [0.3, 0.4) is 0 Å². The maximum absolute atomic E-state index is 12.0. The lowest BCUT2D eigenvalue weighted by atomic mass is 9.82. The van der Waals surface area contributed by atoms with Crippen molar-refractivity contribution in [1.82, 2.24) is 5.32 Å². The Morgan fingerprint density at radius 1 is 1.29 bits per heavy atom. The van der Waals surface area contributed by atoms with Crippen molar-refractivity contribution in [3.05, 3.63) is 23.2 Å². The van der Waals surface area contributed by atoms with Gasteiger partial charge in [-0.15, -0.1) is 0 Å². The molecule has 0 heterocycles. The summed E-state index contributed by atoms with van der Waals surface area (Å²) in [6.07, 6.45) is 1.16. The largest absolute Gasteiger partial charge is 0.495 e. The Kier molecular flexibility index (Phi) is 7.85. The van der Waals surface area contributed by atoms with Crippen LogP contribution in [-0.2, 0) is 9.59 Å². The third-order valence-corrected chi connectivity index (χ3v) is 4.50. The van der Waals surface area contributed by atoms with Gasteiger partial charge in [-0.05, 0) is 31.0 Å². The number of amides is 1. The molecule has 1 amide bonds. The van der Waals surface area contributed by atoms with Crippen LogP contribution >= 0.6 is 11.6 Å². The SMILES string of the molecule is CCC(CC)(CNC(=O)CCNc1cc(Cl)ccc1OC)C(=O)O.